The van der Waals surface area contributed by atoms with Crippen LogP contribution in [0.5, 0.6) is 0 Å². The van der Waals surface area contributed by atoms with Crippen molar-refractivity contribution >= 4 is 16.1 Å². The lowest BCUT2D eigenvalue weighted by molar-refractivity contribution is 1.08. The smallest absolute Gasteiger partial charge is 0.129 e. The first-order valence-electron chi connectivity index (χ1n) is 5.86. The standard InChI is InChI=1S/C13H26Si2/c1-14(2,3)12-10-8-7-9-11-13-15(4,5)6/h8,10H,7,9,12H2,1-6H3/b10-8+. The van der Waals surface area contributed by atoms with Crippen LogP contribution >= 0.6 is 0 Å². The predicted octanol–water partition coefficient (Wildman–Crippen LogP) is 4.54. The number of rotatable bonds is 4. The maximum Gasteiger partial charge on any atom is 0.129 e. The lowest BCUT2D eigenvalue weighted by atomic mass is 10.3. The minimum atomic E-state index is -1.13. The fourth-order valence-electron chi connectivity index (χ4n) is 1.04. The minimum absolute atomic E-state index is 0.872. The second kappa shape index (κ2) is 6.35. The lowest BCUT2D eigenvalue weighted by Gasteiger charge is -2.11. The van der Waals surface area contributed by atoms with Crippen molar-refractivity contribution in [2.45, 2.75) is 58.2 Å². The van der Waals surface area contributed by atoms with Gasteiger partial charge < -0.3 is 0 Å². The first kappa shape index (κ1) is 14.7. The van der Waals surface area contributed by atoms with Crippen LogP contribution in [-0.4, -0.2) is 16.1 Å². The molecule has 0 unspecified atom stereocenters. The Morgan fingerprint density at radius 3 is 2.00 bits per heavy atom. The third-order valence-electron chi connectivity index (χ3n) is 1.80. The van der Waals surface area contributed by atoms with Gasteiger partial charge >= 0.3 is 0 Å². The SMILES string of the molecule is C[Si](C)(C)C#CCC/C=C/C[Si](C)(C)C. The molecule has 0 aliphatic heterocycles. The van der Waals surface area contributed by atoms with Gasteiger partial charge in [0.2, 0.25) is 0 Å². The molecule has 0 atom stereocenters. The molecular formula is C13H26Si2. The molecule has 0 radical (unpaired) electrons. The Hall–Kier alpha value is -0.266. The topological polar surface area (TPSA) is 0 Å². The first-order valence-corrected chi connectivity index (χ1v) is 13.1. The summed E-state index contributed by atoms with van der Waals surface area (Å²) in [5.74, 6) is 3.29. The molecule has 15 heavy (non-hydrogen) atoms. The highest BCUT2D eigenvalue weighted by molar-refractivity contribution is 6.83. The van der Waals surface area contributed by atoms with Gasteiger partial charge in [-0.3, -0.25) is 0 Å². The summed E-state index contributed by atoms with van der Waals surface area (Å²) in [4.78, 5) is 0. The molecule has 0 amide bonds. The van der Waals surface area contributed by atoms with E-state index in [0.717, 1.165) is 12.8 Å². The van der Waals surface area contributed by atoms with Crippen molar-refractivity contribution in [3.8, 4) is 11.5 Å². The van der Waals surface area contributed by atoms with Crippen LogP contribution in [-0.2, 0) is 0 Å². The molecule has 0 aromatic carbocycles. The molecule has 0 N–H and O–H groups in total. The molecule has 0 heterocycles. The average molecular weight is 239 g/mol. The number of allylic oxidation sites excluding steroid dienone is 2. The predicted molar refractivity (Wildman–Crippen MR) is 77.6 cm³/mol. The van der Waals surface area contributed by atoms with Crippen molar-refractivity contribution in [1.82, 2.24) is 0 Å². The Morgan fingerprint density at radius 2 is 1.53 bits per heavy atom. The second-order valence-electron chi connectivity index (χ2n) is 6.33. The monoisotopic (exact) mass is 238 g/mol. The van der Waals surface area contributed by atoms with Gasteiger partial charge in [0.25, 0.3) is 0 Å². The van der Waals surface area contributed by atoms with Gasteiger partial charge in [0, 0.05) is 14.5 Å². The Morgan fingerprint density at radius 1 is 0.933 bits per heavy atom. The van der Waals surface area contributed by atoms with Crippen LogP contribution in [0.3, 0.4) is 0 Å². The molecule has 0 saturated carbocycles. The molecule has 0 aliphatic carbocycles. The number of unbranched alkanes of at least 4 members (excludes halogenated alkanes) is 1. The molecular weight excluding hydrogens is 212 g/mol. The maximum atomic E-state index is 3.39. The summed E-state index contributed by atoms with van der Waals surface area (Å²) >= 11 is 0. The van der Waals surface area contributed by atoms with Crippen LogP contribution in [0, 0.1) is 11.5 Å². The van der Waals surface area contributed by atoms with Gasteiger partial charge in [-0.15, -0.1) is 11.5 Å². The lowest BCUT2D eigenvalue weighted by Crippen LogP contribution is -2.17. The Kier molecular flexibility index (Phi) is 6.23. The van der Waals surface area contributed by atoms with Gasteiger partial charge in [0.1, 0.15) is 8.07 Å². The van der Waals surface area contributed by atoms with E-state index in [1.165, 1.54) is 6.04 Å². The van der Waals surface area contributed by atoms with E-state index in [1.54, 1.807) is 0 Å². The van der Waals surface area contributed by atoms with Crippen molar-refractivity contribution in [1.29, 1.82) is 0 Å². The van der Waals surface area contributed by atoms with Crippen LogP contribution in [0.25, 0.3) is 0 Å². The third-order valence-corrected chi connectivity index (χ3v) is 4.18. The average Bonchev–Trinajstić information content (AvgIpc) is 1.98. The van der Waals surface area contributed by atoms with Crippen LogP contribution in [0.15, 0.2) is 12.2 Å². The highest BCUT2D eigenvalue weighted by Crippen LogP contribution is 2.08. The number of hydrogen-bond donors (Lipinski definition) is 0. The molecule has 0 aromatic heterocycles. The van der Waals surface area contributed by atoms with E-state index in [1.807, 2.05) is 0 Å². The summed E-state index contributed by atoms with van der Waals surface area (Å²) in [5, 5.41) is 0. The van der Waals surface area contributed by atoms with E-state index < -0.39 is 16.1 Å². The zero-order chi connectivity index (χ0) is 11.9. The van der Waals surface area contributed by atoms with Gasteiger partial charge in [-0.2, -0.15) is 0 Å². The van der Waals surface area contributed by atoms with Crippen molar-refractivity contribution < 1.29 is 0 Å². The quantitative estimate of drug-likeness (QED) is 0.292. The molecule has 0 spiro atoms. The summed E-state index contributed by atoms with van der Waals surface area (Å²) in [7, 11) is -2.01. The molecule has 0 fully saturated rings. The van der Waals surface area contributed by atoms with Gasteiger partial charge in [-0.1, -0.05) is 51.4 Å². The van der Waals surface area contributed by atoms with Gasteiger partial charge in [0.15, 0.2) is 0 Å². The molecule has 0 bridgehead atoms. The minimum Gasteiger partial charge on any atom is -0.132 e. The van der Waals surface area contributed by atoms with E-state index >= 15 is 0 Å². The number of hydrogen-bond acceptors (Lipinski definition) is 0. The summed E-state index contributed by atoms with van der Waals surface area (Å²) in [6, 6.07) is 1.30. The van der Waals surface area contributed by atoms with Crippen molar-refractivity contribution in [2.75, 3.05) is 0 Å². The third kappa shape index (κ3) is 13.7. The van der Waals surface area contributed by atoms with Gasteiger partial charge in [-0.25, -0.2) is 0 Å². The molecule has 0 rings (SSSR count). The van der Waals surface area contributed by atoms with E-state index in [-0.39, 0.29) is 0 Å². The largest absolute Gasteiger partial charge is 0.132 e. The molecule has 0 aromatic rings. The Labute approximate surface area is 98.2 Å². The van der Waals surface area contributed by atoms with Crippen LogP contribution < -0.4 is 0 Å². The highest BCUT2D eigenvalue weighted by atomic mass is 28.3. The first-order chi connectivity index (χ1) is 6.71. The second-order valence-corrected chi connectivity index (χ2v) is 16.6. The molecule has 0 saturated heterocycles. The molecule has 0 nitrogen and oxygen atoms in total. The molecule has 86 valence electrons. The fraction of sp³-hybridized carbons (Fsp3) is 0.692. The van der Waals surface area contributed by atoms with E-state index in [0.29, 0.717) is 0 Å². The normalized spacial score (nSPS) is 12.7. The van der Waals surface area contributed by atoms with Crippen molar-refractivity contribution in [3.05, 3.63) is 12.2 Å². The molecule has 2 heteroatoms. The van der Waals surface area contributed by atoms with Crippen molar-refractivity contribution in [2.24, 2.45) is 0 Å². The van der Waals surface area contributed by atoms with Gasteiger partial charge in [0.05, 0.1) is 0 Å². The summed E-state index contributed by atoms with van der Waals surface area (Å²) in [6.45, 7) is 14.1. The van der Waals surface area contributed by atoms with Gasteiger partial charge in [-0.05, 0) is 12.5 Å². The van der Waals surface area contributed by atoms with Crippen LogP contribution in [0.2, 0.25) is 45.3 Å². The summed E-state index contributed by atoms with van der Waals surface area (Å²) in [6.07, 6.45) is 6.81. The molecule has 0 aliphatic rings. The summed E-state index contributed by atoms with van der Waals surface area (Å²) < 4.78 is 0. The van der Waals surface area contributed by atoms with E-state index in [2.05, 4.69) is 62.9 Å². The van der Waals surface area contributed by atoms with Crippen molar-refractivity contribution in [3.63, 3.8) is 0 Å². The van der Waals surface area contributed by atoms with E-state index in [9.17, 15) is 0 Å². The van der Waals surface area contributed by atoms with Crippen LogP contribution in [0.1, 0.15) is 12.8 Å². The fourth-order valence-corrected chi connectivity index (χ4v) is 2.57. The highest BCUT2D eigenvalue weighted by Gasteiger charge is 2.09. The Bertz CT molecular complexity index is 253. The summed E-state index contributed by atoms with van der Waals surface area (Å²) in [5.41, 5.74) is 3.39. The zero-order valence-corrected chi connectivity index (χ0v) is 13.3. The maximum absolute atomic E-state index is 3.39. The van der Waals surface area contributed by atoms with E-state index in [4.69, 9.17) is 0 Å². The van der Waals surface area contributed by atoms with Crippen LogP contribution in [0.4, 0.5) is 0 Å². The Balaban J connectivity index is 3.67. The zero-order valence-electron chi connectivity index (χ0n) is 11.3.